The zero-order chi connectivity index (χ0) is 12.4. The Morgan fingerprint density at radius 3 is 2.72 bits per heavy atom. The third kappa shape index (κ3) is 1.95. The van der Waals surface area contributed by atoms with Crippen molar-refractivity contribution in [1.82, 2.24) is 9.78 Å². The zero-order valence-corrected chi connectivity index (χ0v) is 10.2. The number of aromatic nitrogens is 2. The lowest BCUT2D eigenvalue weighted by Crippen LogP contribution is -2.00. The summed E-state index contributed by atoms with van der Waals surface area (Å²) >= 11 is 0. The maximum absolute atomic E-state index is 5.21. The molecule has 0 spiro atoms. The van der Waals surface area contributed by atoms with Gasteiger partial charge in [0.25, 0.3) is 0 Å². The molecule has 0 bridgehead atoms. The summed E-state index contributed by atoms with van der Waals surface area (Å²) in [4.78, 5) is 0. The molecule has 1 aromatic heterocycles. The van der Waals surface area contributed by atoms with Crippen molar-refractivity contribution in [3.05, 3.63) is 60.3 Å². The van der Waals surface area contributed by atoms with E-state index in [1.54, 1.807) is 7.11 Å². The molecule has 3 aromatic rings. The number of hydrogen-bond acceptors (Lipinski definition) is 2. The Kier molecular flexibility index (Phi) is 2.73. The number of hydrogen-bond donors (Lipinski definition) is 0. The van der Waals surface area contributed by atoms with Gasteiger partial charge >= 0.3 is 0 Å². The molecule has 3 nitrogen and oxygen atoms in total. The standard InChI is InChI=1S/C15H14N2O/c1-18-14-7-8-15-13(9-14)10-16-17(15)11-12-5-3-2-4-6-12/h2-10H,11H2,1H3. The van der Waals surface area contributed by atoms with Gasteiger partial charge in [-0.2, -0.15) is 5.10 Å². The molecule has 0 aliphatic heterocycles. The number of fused-ring (bicyclic) bond motifs is 1. The van der Waals surface area contributed by atoms with Gasteiger partial charge in [-0.1, -0.05) is 30.3 Å². The van der Waals surface area contributed by atoms with Gasteiger partial charge in [-0.05, 0) is 23.8 Å². The molecule has 1 heterocycles. The van der Waals surface area contributed by atoms with E-state index < -0.39 is 0 Å². The summed E-state index contributed by atoms with van der Waals surface area (Å²) < 4.78 is 7.22. The number of methoxy groups -OCH3 is 1. The molecule has 18 heavy (non-hydrogen) atoms. The second-order valence-corrected chi connectivity index (χ2v) is 4.21. The second-order valence-electron chi connectivity index (χ2n) is 4.21. The molecule has 0 aliphatic carbocycles. The Labute approximate surface area is 106 Å². The zero-order valence-electron chi connectivity index (χ0n) is 10.2. The molecule has 3 rings (SSSR count). The second kappa shape index (κ2) is 4.53. The largest absolute Gasteiger partial charge is 0.497 e. The average molecular weight is 238 g/mol. The van der Waals surface area contributed by atoms with Crippen molar-refractivity contribution in [1.29, 1.82) is 0 Å². The van der Waals surface area contributed by atoms with Gasteiger partial charge in [0.2, 0.25) is 0 Å². The molecular formula is C15H14N2O. The van der Waals surface area contributed by atoms with E-state index in [9.17, 15) is 0 Å². The Morgan fingerprint density at radius 2 is 1.94 bits per heavy atom. The summed E-state index contributed by atoms with van der Waals surface area (Å²) in [7, 11) is 1.68. The minimum absolute atomic E-state index is 0.788. The quantitative estimate of drug-likeness (QED) is 0.701. The third-order valence-corrected chi connectivity index (χ3v) is 3.02. The summed E-state index contributed by atoms with van der Waals surface area (Å²) in [6, 6.07) is 16.3. The van der Waals surface area contributed by atoms with Crippen LogP contribution in [0.15, 0.2) is 54.7 Å². The highest BCUT2D eigenvalue weighted by molar-refractivity contribution is 5.80. The predicted molar refractivity (Wildman–Crippen MR) is 71.8 cm³/mol. The van der Waals surface area contributed by atoms with Crippen molar-refractivity contribution in [2.75, 3.05) is 7.11 Å². The molecule has 3 heteroatoms. The molecule has 0 N–H and O–H groups in total. The van der Waals surface area contributed by atoms with Crippen LogP contribution in [-0.4, -0.2) is 16.9 Å². The lowest BCUT2D eigenvalue weighted by molar-refractivity contribution is 0.415. The number of benzene rings is 2. The molecule has 0 saturated heterocycles. The molecule has 0 radical (unpaired) electrons. The summed E-state index contributed by atoms with van der Waals surface area (Å²) in [6.45, 7) is 0.788. The lowest BCUT2D eigenvalue weighted by Gasteiger charge is -2.04. The monoisotopic (exact) mass is 238 g/mol. The highest BCUT2D eigenvalue weighted by Crippen LogP contribution is 2.20. The first kappa shape index (κ1) is 10.8. The van der Waals surface area contributed by atoms with Gasteiger partial charge in [0, 0.05) is 5.39 Å². The van der Waals surface area contributed by atoms with E-state index in [1.165, 1.54) is 5.56 Å². The van der Waals surface area contributed by atoms with Crippen LogP contribution < -0.4 is 4.74 Å². The summed E-state index contributed by atoms with van der Waals surface area (Å²) in [5, 5.41) is 5.53. The van der Waals surface area contributed by atoms with Crippen LogP contribution in [-0.2, 0) is 6.54 Å². The first-order chi connectivity index (χ1) is 8.86. The Hall–Kier alpha value is -2.29. The van der Waals surface area contributed by atoms with Crippen LogP contribution in [0.4, 0.5) is 0 Å². The van der Waals surface area contributed by atoms with Gasteiger partial charge in [0.15, 0.2) is 0 Å². The van der Waals surface area contributed by atoms with Crippen molar-refractivity contribution in [2.24, 2.45) is 0 Å². The highest BCUT2D eigenvalue weighted by Gasteiger charge is 2.04. The minimum Gasteiger partial charge on any atom is -0.497 e. The van der Waals surface area contributed by atoms with E-state index in [0.717, 1.165) is 23.2 Å². The smallest absolute Gasteiger partial charge is 0.119 e. The van der Waals surface area contributed by atoms with Crippen LogP contribution in [0.2, 0.25) is 0 Å². The van der Waals surface area contributed by atoms with Crippen LogP contribution in [0.25, 0.3) is 10.9 Å². The van der Waals surface area contributed by atoms with Gasteiger partial charge in [0.05, 0.1) is 25.4 Å². The van der Waals surface area contributed by atoms with Crippen LogP contribution in [0.5, 0.6) is 5.75 Å². The maximum Gasteiger partial charge on any atom is 0.119 e. The van der Waals surface area contributed by atoms with Gasteiger partial charge in [-0.25, -0.2) is 0 Å². The van der Waals surface area contributed by atoms with Crippen molar-refractivity contribution in [2.45, 2.75) is 6.54 Å². The molecule has 0 amide bonds. The van der Waals surface area contributed by atoms with E-state index in [2.05, 4.69) is 17.2 Å². The third-order valence-electron chi connectivity index (χ3n) is 3.02. The fraction of sp³-hybridized carbons (Fsp3) is 0.133. The molecular weight excluding hydrogens is 224 g/mol. The van der Waals surface area contributed by atoms with E-state index >= 15 is 0 Å². The van der Waals surface area contributed by atoms with Crippen molar-refractivity contribution < 1.29 is 4.74 Å². The Morgan fingerprint density at radius 1 is 1.11 bits per heavy atom. The first-order valence-corrected chi connectivity index (χ1v) is 5.90. The fourth-order valence-corrected chi connectivity index (χ4v) is 2.07. The van der Waals surface area contributed by atoms with Gasteiger partial charge in [0.1, 0.15) is 5.75 Å². The normalized spacial score (nSPS) is 10.7. The van der Waals surface area contributed by atoms with E-state index in [4.69, 9.17) is 4.74 Å². The van der Waals surface area contributed by atoms with E-state index in [-0.39, 0.29) is 0 Å². The topological polar surface area (TPSA) is 27.1 Å². The molecule has 0 saturated carbocycles. The van der Waals surface area contributed by atoms with Crippen molar-refractivity contribution >= 4 is 10.9 Å². The van der Waals surface area contributed by atoms with Gasteiger partial charge < -0.3 is 4.74 Å². The molecule has 2 aromatic carbocycles. The van der Waals surface area contributed by atoms with Crippen LogP contribution in [0.3, 0.4) is 0 Å². The Bertz CT molecular complexity index is 659. The van der Waals surface area contributed by atoms with Crippen LogP contribution >= 0.6 is 0 Å². The highest BCUT2D eigenvalue weighted by atomic mass is 16.5. The SMILES string of the molecule is COc1ccc2c(cnn2Cc2ccccc2)c1. The van der Waals surface area contributed by atoms with Crippen molar-refractivity contribution in [3.8, 4) is 5.75 Å². The van der Waals surface area contributed by atoms with E-state index in [0.29, 0.717) is 0 Å². The molecule has 0 atom stereocenters. The molecule has 0 unspecified atom stereocenters. The number of nitrogens with zero attached hydrogens (tertiary/aromatic N) is 2. The minimum atomic E-state index is 0.788. The molecule has 90 valence electrons. The van der Waals surface area contributed by atoms with Crippen LogP contribution in [0, 0.1) is 0 Å². The average Bonchev–Trinajstić information content (AvgIpc) is 2.82. The van der Waals surface area contributed by atoms with Crippen LogP contribution in [0.1, 0.15) is 5.56 Å². The predicted octanol–water partition coefficient (Wildman–Crippen LogP) is 3.09. The first-order valence-electron chi connectivity index (χ1n) is 5.90. The summed E-state index contributed by atoms with van der Waals surface area (Å²) in [5.74, 6) is 0.863. The van der Waals surface area contributed by atoms with Gasteiger partial charge in [-0.3, -0.25) is 4.68 Å². The lowest BCUT2D eigenvalue weighted by atomic mass is 10.2. The maximum atomic E-state index is 5.21. The molecule has 0 fully saturated rings. The summed E-state index contributed by atoms with van der Waals surface area (Å²) in [6.07, 6.45) is 1.88. The Balaban J connectivity index is 1.98. The van der Waals surface area contributed by atoms with Crippen molar-refractivity contribution in [3.63, 3.8) is 0 Å². The molecule has 0 aliphatic rings. The number of rotatable bonds is 3. The van der Waals surface area contributed by atoms with E-state index in [1.807, 2.05) is 47.3 Å². The number of ether oxygens (including phenoxy) is 1. The van der Waals surface area contributed by atoms with Gasteiger partial charge in [-0.15, -0.1) is 0 Å². The summed E-state index contributed by atoms with van der Waals surface area (Å²) in [5.41, 5.74) is 2.37. The fourth-order valence-electron chi connectivity index (χ4n) is 2.07.